The molecule has 0 aliphatic rings. The maximum Gasteiger partial charge on any atom is 0.310 e. The second kappa shape index (κ2) is 9.18. The number of hydrogen-bond donors (Lipinski definition) is 1. The molecule has 2 aromatic carbocycles. The number of ether oxygens (including phenoxy) is 2. The number of benzene rings is 2. The maximum atomic E-state index is 13.6. The number of carbonyl (C=O) groups excluding carboxylic acids is 2. The molecule has 1 amide bonds. The van der Waals surface area contributed by atoms with Crippen molar-refractivity contribution in [3.8, 4) is 11.8 Å². The van der Waals surface area contributed by atoms with E-state index < -0.39 is 24.3 Å². The Labute approximate surface area is 150 Å². The van der Waals surface area contributed by atoms with Crippen molar-refractivity contribution < 1.29 is 23.5 Å². The molecule has 7 heteroatoms. The molecule has 0 unspecified atom stereocenters. The van der Waals surface area contributed by atoms with Crippen LogP contribution in [0.15, 0.2) is 42.5 Å². The second-order valence-electron chi connectivity index (χ2n) is 5.39. The number of amides is 1. The van der Waals surface area contributed by atoms with Gasteiger partial charge < -0.3 is 14.8 Å². The van der Waals surface area contributed by atoms with E-state index in [2.05, 4.69) is 5.32 Å². The highest BCUT2D eigenvalue weighted by Crippen LogP contribution is 2.18. The molecule has 0 radical (unpaired) electrons. The molecule has 2 rings (SSSR count). The lowest BCUT2D eigenvalue weighted by atomic mass is 10.1. The number of esters is 1. The van der Waals surface area contributed by atoms with Gasteiger partial charge in [0.1, 0.15) is 0 Å². The van der Waals surface area contributed by atoms with E-state index in [0.717, 1.165) is 5.56 Å². The predicted molar refractivity (Wildman–Crippen MR) is 92.0 cm³/mol. The normalized spacial score (nSPS) is 9.88. The first kappa shape index (κ1) is 18.9. The van der Waals surface area contributed by atoms with Crippen LogP contribution in [0.5, 0.6) is 5.75 Å². The maximum absolute atomic E-state index is 13.6. The van der Waals surface area contributed by atoms with Gasteiger partial charge in [0.25, 0.3) is 5.91 Å². The minimum absolute atomic E-state index is 0.0854. The molecule has 0 saturated heterocycles. The Kier molecular flexibility index (Phi) is 6.68. The molecule has 0 atom stereocenters. The van der Waals surface area contributed by atoms with Crippen LogP contribution in [0.4, 0.5) is 10.1 Å². The number of methoxy groups -OCH3 is 1. The Balaban J connectivity index is 1.80. The van der Waals surface area contributed by atoms with Crippen molar-refractivity contribution in [2.75, 3.05) is 19.0 Å². The summed E-state index contributed by atoms with van der Waals surface area (Å²) in [4.78, 5) is 23.6. The summed E-state index contributed by atoms with van der Waals surface area (Å²) >= 11 is 0. The highest BCUT2D eigenvalue weighted by Gasteiger charge is 2.11. The number of anilines is 1. The first-order valence-corrected chi connectivity index (χ1v) is 7.75. The smallest absolute Gasteiger partial charge is 0.310 e. The van der Waals surface area contributed by atoms with Gasteiger partial charge in [0, 0.05) is 5.69 Å². The van der Waals surface area contributed by atoms with Crippen LogP contribution < -0.4 is 10.1 Å². The highest BCUT2D eigenvalue weighted by molar-refractivity contribution is 5.92. The molecule has 26 heavy (non-hydrogen) atoms. The van der Waals surface area contributed by atoms with Crippen LogP contribution >= 0.6 is 0 Å². The zero-order valence-corrected chi connectivity index (χ0v) is 14.1. The number of halogens is 1. The van der Waals surface area contributed by atoms with Gasteiger partial charge in [0.05, 0.1) is 26.0 Å². The standard InChI is InChI=1S/C19H17FN2O4/c1-25-17-7-4-14(10-16(17)20)11-19(24)26-12-18(23)22-15-5-2-13(3-6-15)8-9-21/h2-7,10H,8,11-12H2,1H3,(H,22,23). The summed E-state index contributed by atoms with van der Waals surface area (Å²) in [5.74, 6) is -1.63. The summed E-state index contributed by atoms with van der Waals surface area (Å²) in [6.45, 7) is -0.447. The number of rotatable bonds is 7. The molecule has 0 aliphatic heterocycles. The van der Waals surface area contributed by atoms with Gasteiger partial charge in [-0.3, -0.25) is 9.59 Å². The number of hydrogen-bond acceptors (Lipinski definition) is 5. The van der Waals surface area contributed by atoms with Crippen LogP contribution in [0, 0.1) is 17.1 Å². The van der Waals surface area contributed by atoms with Crippen molar-refractivity contribution in [1.82, 2.24) is 0 Å². The molecule has 134 valence electrons. The average Bonchev–Trinajstić information content (AvgIpc) is 2.62. The zero-order chi connectivity index (χ0) is 18.9. The summed E-state index contributed by atoms with van der Waals surface area (Å²) in [5, 5.41) is 11.2. The lowest BCUT2D eigenvalue weighted by Crippen LogP contribution is -2.21. The number of nitriles is 1. The Morgan fingerprint density at radius 3 is 2.46 bits per heavy atom. The van der Waals surface area contributed by atoms with Crippen molar-refractivity contribution in [2.45, 2.75) is 12.8 Å². The van der Waals surface area contributed by atoms with Crippen LogP contribution in [0.3, 0.4) is 0 Å². The summed E-state index contributed by atoms with van der Waals surface area (Å²) in [6.07, 6.45) is 0.134. The largest absolute Gasteiger partial charge is 0.494 e. The van der Waals surface area contributed by atoms with E-state index in [0.29, 0.717) is 11.3 Å². The third-order valence-electron chi connectivity index (χ3n) is 3.45. The van der Waals surface area contributed by atoms with E-state index in [1.807, 2.05) is 6.07 Å². The van der Waals surface area contributed by atoms with Gasteiger partial charge in [0.15, 0.2) is 18.2 Å². The Morgan fingerprint density at radius 2 is 1.85 bits per heavy atom. The fourth-order valence-electron chi connectivity index (χ4n) is 2.18. The fraction of sp³-hybridized carbons (Fsp3) is 0.211. The molecule has 0 saturated carbocycles. The Hall–Kier alpha value is -3.40. The third kappa shape index (κ3) is 5.60. The van der Waals surface area contributed by atoms with E-state index in [9.17, 15) is 14.0 Å². The first-order chi connectivity index (χ1) is 12.5. The highest BCUT2D eigenvalue weighted by atomic mass is 19.1. The topological polar surface area (TPSA) is 88.4 Å². The molecule has 1 N–H and O–H groups in total. The van der Waals surface area contributed by atoms with Crippen LogP contribution in [0.25, 0.3) is 0 Å². The van der Waals surface area contributed by atoms with Crippen LogP contribution in [-0.2, 0) is 27.2 Å². The van der Waals surface area contributed by atoms with Crippen molar-refractivity contribution in [1.29, 1.82) is 5.26 Å². The number of nitrogens with zero attached hydrogens (tertiary/aromatic N) is 1. The van der Waals surface area contributed by atoms with Crippen LogP contribution in [0.2, 0.25) is 0 Å². The van der Waals surface area contributed by atoms with E-state index in [-0.39, 0.29) is 18.6 Å². The average molecular weight is 356 g/mol. The first-order valence-electron chi connectivity index (χ1n) is 7.75. The Bertz CT molecular complexity index is 828. The van der Waals surface area contributed by atoms with E-state index in [4.69, 9.17) is 14.7 Å². The third-order valence-corrected chi connectivity index (χ3v) is 3.45. The van der Waals surface area contributed by atoms with Crippen molar-refractivity contribution in [3.05, 3.63) is 59.4 Å². The molecule has 0 heterocycles. The van der Waals surface area contributed by atoms with Gasteiger partial charge in [-0.15, -0.1) is 0 Å². The minimum atomic E-state index is -0.644. The van der Waals surface area contributed by atoms with Gasteiger partial charge >= 0.3 is 5.97 Å². The van der Waals surface area contributed by atoms with Crippen molar-refractivity contribution in [3.63, 3.8) is 0 Å². The summed E-state index contributed by atoms with van der Waals surface area (Å²) in [5.41, 5.74) is 1.79. The van der Waals surface area contributed by atoms with Gasteiger partial charge in [-0.25, -0.2) is 4.39 Å². The molecule has 0 bridgehead atoms. The predicted octanol–water partition coefficient (Wildman–Crippen LogP) is 2.62. The molecular weight excluding hydrogens is 339 g/mol. The lowest BCUT2D eigenvalue weighted by Gasteiger charge is -2.08. The van der Waals surface area contributed by atoms with E-state index in [1.54, 1.807) is 30.3 Å². The van der Waals surface area contributed by atoms with Crippen LogP contribution in [-0.4, -0.2) is 25.6 Å². The quantitative estimate of drug-likeness (QED) is 0.771. The minimum Gasteiger partial charge on any atom is -0.494 e. The summed E-state index contributed by atoms with van der Waals surface area (Å²) < 4.78 is 23.3. The van der Waals surface area contributed by atoms with E-state index in [1.165, 1.54) is 19.2 Å². The Morgan fingerprint density at radius 1 is 1.15 bits per heavy atom. The van der Waals surface area contributed by atoms with Gasteiger partial charge in [-0.1, -0.05) is 18.2 Å². The molecule has 0 aliphatic carbocycles. The van der Waals surface area contributed by atoms with Gasteiger partial charge in [-0.05, 0) is 35.4 Å². The van der Waals surface area contributed by atoms with Crippen LogP contribution in [0.1, 0.15) is 11.1 Å². The second-order valence-corrected chi connectivity index (χ2v) is 5.39. The fourth-order valence-corrected chi connectivity index (χ4v) is 2.18. The molecule has 6 nitrogen and oxygen atoms in total. The molecular formula is C19H17FN2O4. The molecule has 2 aromatic rings. The van der Waals surface area contributed by atoms with Gasteiger partial charge in [0.2, 0.25) is 0 Å². The molecule has 0 fully saturated rings. The zero-order valence-electron chi connectivity index (χ0n) is 14.1. The lowest BCUT2D eigenvalue weighted by molar-refractivity contribution is -0.146. The number of carbonyl (C=O) groups is 2. The SMILES string of the molecule is COc1ccc(CC(=O)OCC(=O)Nc2ccc(CC#N)cc2)cc1F. The van der Waals surface area contributed by atoms with Crippen molar-refractivity contribution in [2.24, 2.45) is 0 Å². The van der Waals surface area contributed by atoms with Crippen molar-refractivity contribution >= 4 is 17.6 Å². The molecule has 0 aromatic heterocycles. The summed E-state index contributed by atoms with van der Waals surface area (Å²) in [7, 11) is 1.35. The molecule has 0 spiro atoms. The monoisotopic (exact) mass is 356 g/mol. The van der Waals surface area contributed by atoms with E-state index >= 15 is 0 Å². The summed E-state index contributed by atoms with van der Waals surface area (Å²) in [6, 6.07) is 12.9. The number of nitrogens with one attached hydrogen (secondary N) is 1. The van der Waals surface area contributed by atoms with Gasteiger partial charge in [-0.2, -0.15) is 5.26 Å².